The summed E-state index contributed by atoms with van der Waals surface area (Å²) >= 11 is 1.25. The van der Waals surface area contributed by atoms with Gasteiger partial charge in [-0.2, -0.15) is 0 Å². The van der Waals surface area contributed by atoms with E-state index in [9.17, 15) is 23.8 Å². The molecule has 2 heterocycles. The topological polar surface area (TPSA) is 69.6 Å². The first-order valence-corrected chi connectivity index (χ1v) is 9.16. The van der Waals surface area contributed by atoms with Gasteiger partial charge in [0.1, 0.15) is 22.9 Å². The maximum absolute atomic E-state index is 14.1. The van der Waals surface area contributed by atoms with Crippen molar-refractivity contribution in [1.29, 1.82) is 0 Å². The quantitative estimate of drug-likeness (QED) is 0.725. The van der Waals surface area contributed by atoms with E-state index in [1.807, 2.05) is 0 Å². The van der Waals surface area contributed by atoms with E-state index in [1.165, 1.54) is 36.0 Å². The van der Waals surface area contributed by atoms with Crippen LogP contribution in [-0.2, 0) is 4.79 Å². The number of benzene rings is 2. The molecule has 2 aromatic carbocycles. The van der Waals surface area contributed by atoms with Gasteiger partial charge in [-0.1, -0.05) is 24.3 Å². The number of aryl methyl sites for hydroxylation is 1. The van der Waals surface area contributed by atoms with Crippen molar-refractivity contribution in [2.75, 3.05) is 0 Å². The molecule has 4 nitrogen and oxygen atoms in total. The molecule has 4 rings (SSSR count). The van der Waals surface area contributed by atoms with Gasteiger partial charge >= 0.3 is 0 Å². The third-order valence-corrected chi connectivity index (χ3v) is 5.76. The van der Waals surface area contributed by atoms with E-state index in [1.54, 1.807) is 24.5 Å². The smallest absolute Gasteiger partial charge is 0.236 e. The first kappa shape index (κ1) is 17.6. The van der Waals surface area contributed by atoms with Crippen LogP contribution in [0.1, 0.15) is 22.6 Å². The van der Waals surface area contributed by atoms with Crippen molar-refractivity contribution in [3.05, 3.63) is 81.5 Å². The third kappa shape index (κ3) is 2.78. The number of thioether (sulfide) groups is 1. The number of hydrogen-bond acceptors (Lipinski definition) is 4. The minimum Gasteiger partial charge on any atom is -0.511 e. The predicted molar refractivity (Wildman–Crippen MR) is 99.1 cm³/mol. The van der Waals surface area contributed by atoms with Crippen LogP contribution in [0.2, 0.25) is 0 Å². The van der Waals surface area contributed by atoms with E-state index in [4.69, 9.17) is 0 Å². The van der Waals surface area contributed by atoms with Crippen LogP contribution in [0.4, 0.5) is 8.78 Å². The van der Waals surface area contributed by atoms with Gasteiger partial charge in [0.2, 0.25) is 5.91 Å². The number of halogens is 2. The Labute approximate surface area is 158 Å². The first-order chi connectivity index (χ1) is 12.9. The van der Waals surface area contributed by atoms with Crippen molar-refractivity contribution in [1.82, 2.24) is 5.32 Å². The van der Waals surface area contributed by atoms with Crippen molar-refractivity contribution < 1.29 is 23.8 Å². The zero-order valence-corrected chi connectivity index (χ0v) is 15.0. The van der Waals surface area contributed by atoms with Crippen LogP contribution in [0.5, 0.6) is 5.75 Å². The highest BCUT2D eigenvalue weighted by Gasteiger charge is 2.41. The highest BCUT2D eigenvalue weighted by atomic mass is 32.2. The number of aromatic hydroxyl groups is 1. The van der Waals surface area contributed by atoms with E-state index in [-0.39, 0.29) is 11.3 Å². The average Bonchev–Trinajstić information content (AvgIpc) is 3.05. The zero-order valence-electron chi connectivity index (χ0n) is 14.2. The molecule has 0 spiro atoms. The van der Waals surface area contributed by atoms with Crippen LogP contribution in [-0.4, -0.2) is 21.5 Å². The van der Waals surface area contributed by atoms with Gasteiger partial charge in [-0.15, -0.1) is 11.8 Å². The molecular formula is C20H15F2NO3S. The number of hydrogen-bond donors (Lipinski definition) is 3. The van der Waals surface area contributed by atoms with E-state index in [0.717, 1.165) is 0 Å². The summed E-state index contributed by atoms with van der Waals surface area (Å²) in [5.74, 6) is -3.27. The average molecular weight is 387 g/mol. The lowest BCUT2D eigenvalue weighted by molar-refractivity contribution is -0.122. The van der Waals surface area contributed by atoms with E-state index in [0.29, 0.717) is 22.3 Å². The Morgan fingerprint density at radius 2 is 1.78 bits per heavy atom. The number of carbonyl (C=O) groups excluding carboxylic acids is 1. The number of aliphatic hydroxyl groups excluding tert-OH is 1. The fourth-order valence-electron chi connectivity index (χ4n) is 3.34. The number of aliphatic hydroxyl groups is 1. The molecule has 0 fully saturated rings. The van der Waals surface area contributed by atoms with Crippen molar-refractivity contribution in [3.8, 4) is 5.75 Å². The SMILES string of the molecule is Cc1ccc(C2=CSC3NC(=O)C(c4ccc(F)cc4)C(O)=C23)c(O)c1F. The van der Waals surface area contributed by atoms with Crippen molar-refractivity contribution in [2.45, 2.75) is 18.2 Å². The minimum atomic E-state index is -1.00. The minimum absolute atomic E-state index is 0.188. The molecule has 2 atom stereocenters. The van der Waals surface area contributed by atoms with Crippen LogP contribution in [0, 0.1) is 18.6 Å². The molecule has 0 saturated carbocycles. The van der Waals surface area contributed by atoms with Crippen LogP contribution >= 0.6 is 11.8 Å². The molecule has 0 aromatic heterocycles. The van der Waals surface area contributed by atoms with E-state index < -0.39 is 34.6 Å². The third-order valence-electron chi connectivity index (χ3n) is 4.76. The normalized spacial score (nSPS) is 21.7. The molecule has 2 aliphatic heterocycles. The second-order valence-electron chi connectivity index (χ2n) is 6.43. The van der Waals surface area contributed by atoms with Crippen molar-refractivity contribution >= 4 is 23.2 Å². The highest BCUT2D eigenvalue weighted by molar-refractivity contribution is 8.03. The van der Waals surface area contributed by atoms with Crippen LogP contribution < -0.4 is 5.32 Å². The number of nitrogens with one attached hydrogen (secondary N) is 1. The van der Waals surface area contributed by atoms with Crippen LogP contribution in [0.3, 0.4) is 0 Å². The van der Waals surface area contributed by atoms with Crippen molar-refractivity contribution in [3.63, 3.8) is 0 Å². The Hall–Kier alpha value is -2.80. The number of phenols is 1. The van der Waals surface area contributed by atoms with Crippen molar-refractivity contribution in [2.24, 2.45) is 0 Å². The molecule has 2 aromatic rings. The highest BCUT2D eigenvalue weighted by Crippen LogP contribution is 2.48. The Morgan fingerprint density at radius 1 is 1.07 bits per heavy atom. The Morgan fingerprint density at radius 3 is 2.48 bits per heavy atom. The van der Waals surface area contributed by atoms with Gasteiger partial charge in [0.05, 0.1) is 0 Å². The van der Waals surface area contributed by atoms with E-state index in [2.05, 4.69) is 5.32 Å². The molecule has 0 saturated heterocycles. The molecule has 7 heteroatoms. The summed E-state index contributed by atoms with van der Waals surface area (Å²) in [6.07, 6.45) is 0. The summed E-state index contributed by atoms with van der Waals surface area (Å²) in [4.78, 5) is 12.5. The lowest BCUT2D eigenvalue weighted by Gasteiger charge is -2.29. The van der Waals surface area contributed by atoms with Crippen LogP contribution in [0.15, 0.2) is 53.1 Å². The number of fused-ring (bicyclic) bond motifs is 1. The summed E-state index contributed by atoms with van der Waals surface area (Å²) < 4.78 is 27.4. The fraction of sp³-hybridized carbons (Fsp3) is 0.150. The lowest BCUT2D eigenvalue weighted by Crippen LogP contribution is -2.42. The zero-order chi connectivity index (χ0) is 19.3. The Bertz CT molecular complexity index is 1010. The summed E-state index contributed by atoms with van der Waals surface area (Å²) in [6, 6.07) is 8.42. The van der Waals surface area contributed by atoms with Gasteiger partial charge in [-0.25, -0.2) is 8.78 Å². The maximum Gasteiger partial charge on any atom is 0.236 e. The van der Waals surface area contributed by atoms with E-state index >= 15 is 0 Å². The molecule has 0 radical (unpaired) electrons. The predicted octanol–water partition coefficient (Wildman–Crippen LogP) is 4.12. The summed E-state index contributed by atoms with van der Waals surface area (Å²) in [5, 5.41) is 25.0. The molecule has 2 aliphatic rings. The molecule has 2 unspecified atom stereocenters. The number of carbonyl (C=O) groups is 1. The monoisotopic (exact) mass is 387 g/mol. The van der Waals surface area contributed by atoms with Crippen LogP contribution in [0.25, 0.3) is 5.57 Å². The second-order valence-corrected chi connectivity index (χ2v) is 7.41. The van der Waals surface area contributed by atoms with Gasteiger partial charge in [-0.3, -0.25) is 4.79 Å². The number of amides is 1. The number of phenolic OH excluding ortho intramolecular Hbond substituents is 1. The second kappa shape index (κ2) is 6.42. The van der Waals surface area contributed by atoms with Gasteiger partial charge in [-0.05, 0) is 35.6 Å². The first-order valence-electron chi connectivity index (χ1n) is 8.21. The van der Waals surface area contributed by atoms with Gasteiger partial charge in [0.25, 0.3) is 0 Å². The lowest BCUT2D eigenvalue weighted by atomic mass is 9.86. The fourth-order valence-corrected chi connectivity index (χ4v) is 4.43. The Kier molecular flexibility index (Phi) is 4.19. The molecule has 27 heavy (non-hydrogen) atoms. The maximum atomic E-state index is 14.1. The van der Waals surface area contributed by atoms with Gasteiger partial charge < -0.3 is 15.5 Å². The standard InChI is InChI=1S/C20H15F2NO3S/c1-9-2-7-12(17(24)16(9)22)13-8-27-20-15(13)18(25)14(19(26)23-20)10-3-5-11(21)6-4-10/h2-8,14,20,24-25H,1H3,(H,23,26). The Balaban J connectivity index is 1.83. The summed E-state index contributed by atoms with van der Waals surface area (Å²) in [7, 11) is 0. The van der Waals surface area contributed by atoms with Gasteiger partial charge in [0.15, 0.2) is 11.6 Å². The number of rotatable bonds is 2. The molecule has 3 N–H and O–H groups in total. The molecule has 0 aliphatic carbocycles. The van der Waals surface area contributed by atoms with Gasteiger partial charge in [0, 0.05) is 16.7 Å². The largest absolute Gasteiger partial charge is 0.511 e. The molecule has 0 bridgehead atoms. The molecule has 138 valence electrons. The molecule has 1 amide bonds. The molecular weight excluding hydrogens is 372 g/mol. The summed E-state index contributed by atoms with van der Waals surface area (Å²) in [5.41, 5.74) is 1.84. The summed E-state index contributed by atoms with van der Waals surface area (Å²) in [6.45, 7) is 1.54.